The number of rotatable bonds is 3. The lowest BCUT2D eigenvalue weighted by Gasteiger charge is -2.08. The number of fused-ring (bicyclic) bond motifs is 1. The third kappa shape index (κ3) is 2.35. The summed E-state index contributed by atoms with van der Waals surface area (Å²) in [4.78, 5) is 0. The van der Waals surface area contributed by atoms with Crippen molar-refractivity contribution in [2.75, 3.05) is 0 Å². The van der Waals surface area contributed by atoms with Crippen molar-refractivity contribution >= 4 is 6.08 Å². The van der Waals surface area contributed by atoms with Gasteiger partial charge in [0.15, 0.2) is 0 Å². The van der Waals surface area contributed by atoms with Crippen molar-refractivity contribution in [3.8, 4) is 11.1 Å². The zero-order valence-corrected chi connectivity index (χ0v) is 11.6. The molecule has 0 heterocycles. The molecule has 0 unspecified atom stereocenters. The average molecular weight is 247 g/mol. The number of aryl methyl sites for hydroxylation is 1. The van der Waals surface area contributed by atoms with Crippen molar-refractivity contribution in [3.05, 3.63) is 71.1 Å². The maximum atomic E-state index is 2.36. The summed E-state index contributed by atoms with van der Waals surface area (Å²) in [6, 6.07) is 15.4. The van der Waals surface area contributed by atoms with E-state index in [1.807, 2.05) is 0 Å². The molecule has 0 spiro atoms. The Morgan fingerprint density at radius 3 is 2.47 bits per heavy atom. The van der Waals surface area contributed by atoms with Gasteiger partial charge < -0.3 is 0 Å². The second kappa shape index (κ2) is 5.05. The predicted molar refractivity (Wildman–Crippen MR) is 82.9 cm³/mol. The van der Waals surface area contributed by atoms with Crippen LogP contribution < -0.4 is 0 Å². The summed E-state index contributed by atoms with van der Waals surface area (Å²) in [6.45, 7) is 4.37. The summed E-state index contributed by atoms with van der Waals surface area (Å²) in [5, 5.41) is 0. The molecule has 1 aliphatic rings. The molecular formula is C19H19. The molecule has 0 bridgehead atoms. The molecule has 0 atom stereocenters. The molecular weight excluding hydrogens is 228 g/mol. The first-order valence-corrected chi connectivity index (χ1v) is 7.03. The largest absolute Gasteiger partial charge is 0.0651 e. The van der Waals surface area contributed by atoms with E-state index in [9.17, 15) is 0 Å². The van der Waals surface area contributed by atoms with Crippen LogP contribution in [-0.4, -0.2) is 0 Å². The van der Waals surface area contributed by atoms with Crippen LogP contribution in [-0.2, 0) is 0 Å². The van der Waals surface area contributed by atoms with Crippen molar-refractivity contribution in [3.63, 3.8) is 0 Å². The van der Waals surface area contributed by atoms with E-state index in [1.54, 1.807) is 0 Å². The van der Waals surface area contributed by atoms with Gasteiger partial charge in [0, 0.05) is 6.42 Å². The lowest BCUT2D eigenvalue weighted by atomic mass is 9.96. The summed E-state index contributed by atoms with van der Waals surface area (Å²) >= 11 is 0. The quantitative estimate of drug-likeness (QED) is 0.680. The highest BCUT2D eigenvalue weighted by molar-refractivity contribution is 5.83. The molecule has 2 aromatic rings. The minimum Gasteiger partial charge on any atom is -0.0651 e. The molecule has 0 aromatic heterocycles. The second-order valence-electron chi connectivity index (χ2n) is 5.29. The molecule has 2 aromatic carbocycles. The zero-order valence-electron chi connectivity index (χ0n) is 11.6. The van der Waals surface area contributed by atoms with Gasteiger partial charge in [0.05, 0.1) is 0 Å². The van der Waals surface area contributed by atoms with E-state index < -0.39 is 0 Å². The molecule has 1 aliphatic carbocycles. The minimum absolute atomic E-state index is 1.17. The Balaban J connectivity index is 2.05. The third-order valence-electron chi connectivity index (χ3n) is 3.71. The molecule has 0 amide bonds. The standard InChI is InChI=1S/C19H19/c1-3-5-15-12-17-6-4-7-18(19(17)13-15)16-10-8-14(2)9-11-16/h4,6-13H,3,5H2,1-2H3. The van der Waals surface area contributed by atoms with Crippen molar-refractivity contribution in [2.24, 2.45) is 0 Å². The molecule has 0 heteroatoms. The molecule has 1 radical (unpaired) electrons. The lowest BCUT2D eigenvalue weighted by Crippen LogP contribution is -1.86. The maximum Gasteiger partial charge on any atom is 0.0164 e. The van der Waals surface area contributed by atoms with E-state index in [0.29, 0.717) is 0 Å². The van der Waals surface area contributed by atoms with Crippen LogP contribution in [0.4, 0.5) is 0 Å². The molecule has 19 heavy (non-hydrogen) atoms. The van der Waals surface area contributed by atoms with E-state index in [4.69, 9.17) is 0 Å². The molecule has 0 nitrogen and oxygen atoms in total. The fraction of sp³-hybridized carbons (Fsp3) is 0.211. The Hall–Kier alpha value is -1.82. The SMILES string of the molecule is CCCC1=Cc2c(cccc2-c2ccc(C)cc2)[CH]1. The Labute approximate surface area is 115 Å². The van der Waals surface area contributed by atoms with Gasteiger partial charge in [-0.2, -0.15) is 0 Å². The molecule has 3 rings (SSSR count). The molecule has 0 fully saturated rings. The van der Waals surface area contributed by atoms with E-state index in [-0.39, 0.29) is 0 Å². The van der Waals surface area contributed by atoms with Crippen LogP contribution in [0.15, 0.2) is 48.0 Å². The van der Waals surface area contributed by atoms with Gasteiger partial charge in [-0.05, 0) is 35.6 Å². The van der Waals surface area contributed by atoms with Crippen molar-refractivity contribution < 1.29 is 0 Å². The Morgan fingerprint density at radius 2 is 1.74 bits per heavy atom. The Bertz CT molecular complexity index is 615. The fourth-order valence-corrected chi connectivity index (χ4v) is 2.71. The van der Waals surface area contributed by atoms with Crippen molar-refractivity contribution in [2.45, 2.75) is 26.7 Å². The summed E-state index contributed by atoms with van der Waals surface area (Å²) in [7, 11) is 0. The van der Waals surface area contributed by atoms with Gasteiger partial charge in [0.1, 0.15) is 0 Å². The van der Waals surface area contributed by atoms with Gasteiger partial charge in [0.25, 0.3) is 0 Å². The van der Waals surface area contributed by atoms with Crippen LogP contribution in [0.2, 0.25) is 0 Å². The summed E-state index contributed by atoms with van der Waals surface area (Å²) in [6.07, 6.45) is 7.06. The van der Waals surface area contributed by atoms with Gasteiger partial charge in [-0.25, -0.2) is 0 Å². The van der Waals surface area contributed by atoms with Crippen LogP contribution in [0.1, 0.15) is 36.5 Å². The molecule has 0 aliphatic heterocycles. The van der Waals surface area contributed by atoms with Gasteiger partial charge in [0.2, 0.25) is 0 Å². The number of allylic oxidation sites excluding steroid dienone is 1. The molecule has 0 saturated carbocycles. The minimum atomic E-state index is 1.17. The first-order valence-electron chi connectivity index (χ1n) is 7.03. The first kappa shape index (κ1) is 12.2. The summed E-state index contributed by atoms with van der Waals surface area (Å²) in [5.41, 5.74) is 8.17. The molecule has 0 N–H and O–H groups in total. The number of benzene rings is 2. The van der Waals surface area contributed by atoms with Gasteiger partial charge >= 0.3 is 0 Å². The highest BCUT2D eigenvalue weighted by Crippen LogP contribution is 2.36. The van der Waals surface area contributed by atoms with Crippen molar-refractivity contribution in [1.29, 1.82) is 0 Å². The van der Waals surface area contributed by atoms with Gasteiger partial charge in [-0.3, -0.25) is 0 Å². The van der Waals surface area contributed by atoms with Gasteiger partial charge in [-0.1, -0.05) is 73.0 Å². The monoisotopic (exact) mass is 247 g/mol. The third-order valence-corrected chi connectivity index (χ3v) is 3.71. The highest BCUT2D eigenvalue weighted by Gasteiger charge is 2.16. The first-order chi connectivity index (χ1) is 9.28. The maximum absolute atomic E-state index is 2.36. The van der Waals surface area contributed by atoms with Crippen LogP contribution >= 0.6 is 0 Å². The van der Waals surface area contributed by atoms with Crippen LogP contribution in [0.3, 0.4) is 0 Å². The fourth-order valence-electron chi connectivity index (χ4n) is 2.71. The van der Waals surface area contributed by atoms with Crippen LogP contribution in [0.25, 0.3) is 17.2 Å². The number of hydrogen-bond donors (Lipinski definition) is 0. The number of hydrogen-bond acceptors (Lipinski definition) is 0. The summed E-state index contributed by atoms with van der Waals surface area (Å²) < 4.78 is 0. The predicted octanol–water partition coefficient (Wildman–Crippen LogP) is 5.41. The van der Waals surface area contributed by atoms with E-state index in [1.165, 1.54) is 46.2 Å². The topological polar surface area (TPSA) is 0 Å². The Morgan fingerprint density at radius 1 is 0.947 bits per heavy atom. The average Bonchev–Trinajstić information content (AvgIpc) is 2.82. The normalized spacial score (nSPS) is 13.3. The van der Waals surface area contributed by atoms with Crippen LogP contribution in [0.5, 0.6) is 0 Å². The molecule has 0 saturated heterocycles. The highest BCUT2D eigenvalue weighted by atomic mass is 14.2. The van der Waals surface area contributed by atoms with E-state index in [2.05, 4.69) is 68.8 Å². The Kier molecular flexibility index (Phi) is 3.25. The van der Waals surface area contributed by atoms with E-state index >= 15 is 0 Å². The summed E-state index contributed by atoms with van der Waals surface area (Å²) in [5.74, 6) is 0. The van der Waals surface area contributed by atoms with Gasteiger partial charge in [-0.15, -0.1) is 0 Å². The van der Waals surface area contributed by atoms with Crippen LogP contribution in [0, 0.1) is 13.3 Å². The molecule has 95 valence electrons. The van der Waals surface area contributed by atoms with E-state index in [0.717, 1.165) is 0 Å². The zero-order chi connectivity index (χ0) is 13.2. The van der Waals surface area contributed by atoms with Crippen molar-refractivity contribution in [1.82, 2.24) is 0 Å². The second-order valence-corrected chi connectivity index (χ2v) is 5.29. The smallest absolute Gasteiger partial charge is 0.0164 e. The lowest BCUT2D eigenvalue weighted by molar-refractivity contribution is 0.924.